The van der Waals surface area contributed by atoms with Crippen molar-refractivity contribution >= 4 is 27.6 Å². The largest absolute Gasteiger partial charge is 0.416 e. The number of aromatic nitrogens is 2. The van der Waals surface area contributed by atoms with Crippen LogP contribution in [0.2, 0.25) is 0 Å². The number of alkyl halides is 9. The Morgan fingerprint density at radius 2 is 1.33 bits per heavy atom. The molecule has 0 bridgehead atoms. The molecule has 4 rings (SSSR count). The van der Waals surface area contributed by atoms with Crippen LogP contribution in [-0.4, -0.2) is 23.1 Å². The zero-order chi connectivity index (χ0) is 30.9. The first-order valence-electron chi connectivity index (χ1n) is 13.0. The Bertz CT molecular complexity index is 1340. The molecule has 0 aliphatic heterocycles. The molecule has 0 saturated heterocycles. The number of halogens is 10. The summed E-state index contributed by atoms with van der Waals surface area (Å²) >= 11 is 3.17. The van der Waals surface area contributed by atoms with Crippen LogP contribution in [0.3, 0.4) is 0 Å². The van der Waals surface area contributed by atoms with E-state index in [1.807, 2.05) is 11.8 Å². The predicted molar refractivity (Wildman–Crippen MR) is 143 cm³/mol. The van der Waals surface area contributed by atoms with Crippen LogP contribution in [0.15, 0.2) is 53.3 Å². The van der Waals surface area contributed by atoms with Crippen molar-refractivity contribution in [2.75, 3.05) is 22.9 Å². The number of hydrogen-bond donors (Lipinski definition) is 0. The molecular formula is C28H26BrF9N4. The maximum atomic E-state index is 13.8. The van der Waals surface area contributed by atoms with Crippen LogP contribution < -0.4 is 9.80 Å². The first-order valence-corrected chi connectivity index (χ1v) is 13.8. The Kier molecular flexibility index (Phi) is 9.34. The van der Waals surface area contributed by atoms with E-state index in [0.717, 1.165) is 25.0 Å². The molecule has 0 radical (unpaired) electrons. The van der Waals surface area contributed by atoms with Gasteiger partial charge in [-0.15, -0.1) is 0 Å². The van der Waals surface area contributed by atoms with E-state index in [9.17, 15) is 39.5 Å². The lowest BCUT2D eigenvalue weighted by Gasteiger charge is -2.30. The average molecular weight is 669 g/mol. The third-order valence-corrected chi connectivity index (χ3v) is 7.10. The third-order valence-electron chi connectivity index (χ3n) is 6.69. The number of benzene rings is 2. The summed E-state index contributed by atoms with van der Waals surface area (Å²) in [5.41, 5.74) is -3.60. The summed E-state index contributed by atoms with van der Waals surface area (Å²) in [6.07, 6.45) is -9.46. The molecule has 14 heteroatoms. The van der Waals surface area contributed by atoms with Crippen molar-refractivity contribution in [2.24, 2.45) is 5.92 Å². The zero-order valence-corrected chi connectivity index (χ0v) is 23.8. The molecule has 42 heavy (non-hydrogen) atoms. The maximum Gasteiger partial charge on any atom is 0.416 e. The van der Waals surface area contributed by atoms with Crippen molar-refractivity contribution in [1.29, 1.82) is 0 Å². The van der Waals surface area contributed by atoms with E-state index in [4.69, 9.17) is 0 Å². The molecule has 1 fully saturated rings. The van der Waals surface area contributed by atoms with Gasteiger partial charge in [-0.2, -0.15) is 39.5 Å². The van der Waals surface area contributed by atoms with E-state index in [1.54, 1.807) is 0 Å². The molecule has 1 aliphatic carbocycles. The van der Waals surface area contributed by atoms with Crippen LogP contribution in [0.25, 0.3) is 0 Å². The van der Waals surface area contributed by atoms with E-state index in [0.29, 0.717) is 47.7 Å². The number of rotatable bonds is 10. The van der Waals surface area contributed by atoms with Crippen LogP contribution in [0.5, 0.6) is 0 Å². The van der Waals surface area contributed by atoms with Gasteiger partial charge in [0.2, 0.25) is 5.95 Å². The summed E-state index contributed by atoms with van der Waals surface area (Å²) < 4.78 is 123. The van der Waals surface area contributed by atoms with Gasteiger partial charge in [0.15, 0.2) is 0 Å². The van der Waals surface area contributed by atoms with Gasteiger partial charge in [0.25, 0.3) is 0 Å². The molecule has 1 aliphatic rings. The molecule has 1 saturated carbocycles. The van der Waals surface area contributed by atoms with Gasteiger partial charge in [-0.05, 0) is 88.6 Å². The van der Waals surface area contributed by atoms with Crippen molar-refractivity contribution in [1.82, 2.24) is 9.97 Å². The van der Waals surface area contributed by atoms with Gasteiger partial charge in [0, 0.05) is 44.3 Å². The molecule has 228 valence electrons. The lowest BCUT2D eigenvalue weighted by molar-refractivity contribution is -0.143. The van der Waals surface area contributed by atoms with Crippen molar-refractivity contribution in [2.45, 2.75) is 57.8 Å². The Morgan fingerprint density at radius 1 is 0.762 bits per heavy atom. The SMILES string of the molecule is CCCN(CC1CC1)c1ccc(C(F)(F)F)cc1CN(Cc1cc(C(F)(F)F)cc(C(F)(F)F)c1)c1ncc(Br)cn1. The Balaban J connectivity index is 1.82. The predicted octanol–water partition coefficient (Wildman–Crippen LogP) is 9.13. The smallest absolute Gasteiger partial charge is 0.371 e. The van der Waals surface area contributed by atoms with Gasteiger partial charge in [0.05, 0.1) is 21.2 Å². The topological polar surface area (TPSA) is 32.3 Å². The highest BCUT2D eigenvalue weighted by atomic mass is 79.9. The first kappa shape index (κ1) is 31.9. The second kappa shape index (κ2) is 12.3. The minimum absolute atomic E-state index is 0.0232. The van der Waals surface area contributed by atoms with Crippen LogP contribution >= 0.6 is 15.9 Å². The fourth-order valence-electron chi connectivity index (χ4n) is 4.59. The Hall–Kier alpha value is -3.03. The molecule has 4 nitrogen and oxygen atoms in total. The molecule has 2 aromatic carbocycles. The fourth-order valence-corrected chi connectivity index (χ4v) is 4.80. The highest BCUT2D eigenvalue weighted by Gasteiger charge is 2.37. The van der Waals surface area contributed by atoms with Crippen LogP contribution in [0, 0.1) is 5.92 Å². The van der Waals surface area contributed by atoms with Gasteiger partial charge in [0.1, 0.15) is 0 Å². The second-order valence-corrected chi connectivity index (χ2v) is 11.1. The third kappa shape index (κ3) is 8.29. The second-order valence-electron chi connectivity index (χ2n) is 10.2. The Labute approximate surface area is 244 Å². The van der Waals surface area contributed by atoms with Crippen LogP contribution in [0.4, 0.5) is 51.1 Å². The summed E-state index contributed by atoms with van der Waals surface area (Å²) in [5, 5.41) is 0. The summed E-state index contributed by atoms with van der Waals surface area (Å²) in [6.45, 7) is 2.23. The van der Waals surface area contributed by atoms with E-state index in [-0.39, 0.29) is 29.7 Å². The quantitative estimate of drug-likeness (QED) is 0.202. The standard InChI is InChI=1S/C28H26BrF9N4/c1-2-7-41(14-17-3-4-17)24-6-5-20(26(30,31)32)10-19(24)16-42(25-39-12-23(29)13-40-25)15-18-8-21(27(33,34)35)11-22(9-18)28(36,37)38/h5-6,8-13,17H,2-4,7,14-16H2,1H3. The molecule has 0 N–H and O–H groups in total. The van der Waals surface area contributed by atoms with Crippen molar-refractivity contribution in [3.05, 3.63) is 81.1 Å². The average Bonchev–Trinajstić information content (AvgIpc) is 3.71. The molecule has 0 spiro atoms. The van der Waals surface area contributed by atoms with E-state index in [2.05, 4.69) is 25.9 Å². The summed E-state index contributed by atoms with van der Waals surface area (Å²) in [6, 6.07) is 4.49. The summed E-state index contributed by atoms with van der Waals surface area (Å²) in [5.74, 6) is 0.306. The molecular weight excluding hydrogens is 643 g/mol. The van der Waals surface area contributed by atoms with E-state index in [1.165, 1.54) is 23.4 Å². The van der Waals surface area contributed by atoms with Gasteiger partial charge >= 0.3 is 18.5 Å². The summed E-state index contributed by atoms with van der Waals surface area (Å²) in [4.78, 5) is 11.5. The van der Waals surface area contributed by atoms with E-state index < -0.39 is 41.8 Å². The number of anilines is 2. The lowest BCUT2D eigenvalue weighted by Crippen LogP contribution is -2.30. The van der Waals surface area contributed by atoms with E-state index >= 15 is 0 Å². The highest BCUT2D eigenvalue weighted by Crippen LogP contribution is 2.39. The molecule has 1 aromatic heterocycles. The van der Waals surface area contributed by atoms with Gasteiger partial charge in [-0.25, -0.2) is 9.97 Å². The maximum absolute atomic E-state index is 13.8. The van der Waals surface area contributed by atoms with Crippen LogP contribution in [-0.2, 0) is 31.6 Å². The molecule has 3 aromatic rings. The summed E-state index contributed by atoms with van der Waals surface area (Å²) in [7, 11) is 0. The van der Waals surface area contributed by atoms with Gasteiger partial charge < -0.3 is 9.80 Å². The monoisotopic (exact) mass is 668 g/mol. The lowest BCUT2D eigenvalue weighted by atomic mass is 10.0. The van der Waals surface area contributed by atoms with Gasteiger partial charge in [-0.1, -0.05) is 6.92 Å². The molecule has 1 heterocycles. The first-order chi connectivity index (χ1) is 19.5. The normalized spacial score (nSPS) is 14.3. The minimum Gasteiger partial charge on any atom is -0.371 e. The van der Waals surface area contributed by atoms with Crippen molar-refractivity contribution in [3.8, 4) is 0 Å². The highest BCUT2D eigenvalue weighted by molar-refractivity contribution is 9.10. The van der Waals surface area contributed by atoms with Gasteiger partial charge in [-0.3, -0.25) is 0 Å². The van der Waals surface area contributed by atoms with Crippen molar-refractivity contribution in [3.63, 3.8) is 0 Å². The molecule has 0 atom stereocenters. The molecule has 0 amide bonds. The molecule has 0 unspecified atom stereocenters. The fraction of sp³-hybridized carbons (Fsp3) is 0.429. The minimum atomic E-state index is -5.06. The number of hydrogen-bond acceptors (Lipinski definition) is 4. The zero-order valence-electron chi connectivity index (χ0n) is 22.2. The Morgan fingerprint density at radius 3 is 1.83 bits per heavy atom. The van der Waals surface area contributed by atoms with Crippen LogP contribution in [0.1, 0.15) is 54.0 Å². The number of nitrogens with zero attached hydrogens (tertiary/aromatic N) is 4. The van der Waals surface area contributed by atoms with Crippen molar-refractivity contribution < 1.29 is 39.5 Å².